The number of ether oxygens (including phenoxy) is 1. The van der Waals surface area contributed by atoms with E-state index in [1.54, 1.807) is 60.7 Å². The number of anilines is 2. The zero-order valence-electron chi connectivity index (χ0n) is 58.6. The van der Waals surface area contributed by atoms with Crippen molar-refractivity contribution in [3.05, 3.63) is 241 Å². The second kappa shape index (κ2) is 33.1. The van der Waals surface area contributed by atoms with Crippen LogP contribution in [0.15, 0.2) is 150 Å². The Labute approximate surface area is 649 Å². The molecule has 4 aromatic heterocycles. The molecule has 2 atom stereocenters. The van der Waals surface area contributed by atoms with E-state index in [2.05, 4.69) is 43.4 Å². The molecule has 5 aromatic carbocycles. The van der Waals surface area contributed by atoms with Gasteiger partial charge in [0.25, 0.3) is 28.5 Å². The van der Waals surface area contributed by atoms with E-state index in [0.717, 1.165) is 62.8 Å². The van der Waals surface area contributed by atoms with Gasteiger partial charge in [-0.1, -0.05) is 68.8 Å². The number of pyridine rings is 2. The van der Waals surface area contributed by atoms with Crippen molar-refractivity contribution < 1.29 is 70.8 Å². The van der Waals surface area contributed by atoms with Gasteiger partial charge in [-0.05, 0) is 226 Å². The van der Waals surface area contributed by atoms with Crippen molar-refractivity contribution in [2.45, 2.75) is 117 Å². The Balaban J connectivity index is 0.000000253. The monoisotopic (exact) mass is 1710 g/mol. The number of hydrogen-bond acceptors (Lipinski definition) is 12. The Morgan fingerprint density at radius 3 is 1.73 bits per heavy atom. The van der Waals surface area contributed by atoms with Gasteiger partial charge in [0, 0.05) is 107 Å². The third-order valence-electron chi connectivity index (χ3n) is 18.5. The molecule has 2 saturated carbocycles. The van der Waals surface area contributed by atoms with Crippen LogP contribution in [0.1, 0.15) is 140 Å². The summed E-state index contributed by atoms with van der Waals surface area (Å²) in [7, 11) is 10.0. The maximum atomic E-state index is 16.6. The number of amides is 3. The number of halogens is 4. The third-order valence-corrected chi connectivity index (χ3v) is 19.8. The number of unbranched alkanes of at least 4 members (excludes halogenated alkanes) is 2. The molecule has 3 amide bonds. The number of nitrogens with zero attached hydrogens (tertiary/aromatic N) is 8. The molecule has 29 heteroatoms. The Morgan fingerprint density at radius 1 is 0.721 bits per heavy atom. The number of phenolic OH excluding ortho intramolecular Hbond substituents is 1. The minimum absolute atomic E-state index is 0. The molecule has 5 N–H and O–H groups in total. The fourth-order valence-electron chi connectivity index (χ4n) is 13.1. The number of allylic oxidation sites excluding steroid dienone is 3. The fourth-order valence-corrected chi connectivity index (χ4v) is 14.0. The van der Waals surface area contributed by atoms with Crippen molar-refractivity contribution in [2.24, 2.45) is 20.0 Å². The molecule has 537 valence electrons. The van der Waals surface area contributed by atoms with Crippen LogP contribution in [-0.2, 0) is 53.2 Å². The normalized spacial score (nSPS) is 14.6. The molecule has 2 unspecified atom stereocenters. The summed E-state index contributed by atoms with van der Waals surface area (Å²) in [4.78, 5) is 126. The summed E-state index contributed by atoms with van der Waals surface area (Å²) in [5.41, 5.74) is -0.0594. The first-order chi connectivity index (χ1) is 48.9. The first-order valence-corrected chi connectivity index (χ1v) is 35.4. The zero-order valence-corrected chi connectivity index (χ0v) is 65.8. The summed E-state index contributed by atoms with van der Waals surface area (Å²) in [6.45, 7) is 13.3. The average molecular weight is 1710 g/mol. The van der Waals surface area contributed by atoms with Gasteiger partial charge in [0.1, 0.15) is 40.1 Å². The minimum atomic E-state index is -1.17. The maximum Gasteiger partial charge on any atom is 0.425 e. The summed E-state index contributed by atoms with van der Waals surface area (Å²) in [6, 6.07) is 23.8. The standard InChI is InChI=1S/C48H51FIN5O7.C26H23FIN5O4.CH2BNO.Y/c1-8-9-10-12-29-22-38(56)40(35-21-27(4)15-19-34(35)26(2)3)39(23-29)62-48(61)55(37-20-16-31(50)25-36(37)49)44-41-42(28(5)45(58)52(44)7)53(47(60)54(46(41)59)32-17-18-32)33-14-11-13-30(24-33)43(57)51-6;1-13-21-20(22(31(3)24(13)35)30-19-10-7-15(28)12-18(19)27)25(36)33(16-8-9-16)26(37)32(21)17-6-4-5-14(11-17)23(34)29-2;2-1(3)4;/h11,13-14,16,20-25,32,34-35,56H,2,8-10,12,15,17-19H2,1,3-7H3,(H,51,57);4-7,10-12,16H,8-9H2,1-3H3,(H2,29,30,34,35,36);(H2,3,4);/p-1. The van der Waals surface area contributed by atoms with Crippen molar-refractivity contribution in [1.82, 2.24) is 38.0 Å². The van der Waals surface area contributed by atoms with Crippen LogP contribution in [0.25, 0.3) is 38.5 Å². The molecule has 0 spiro atoms. The third kappa shape index (κ3) is 16.2. The van der Waals surface area contributed by atoms with Crippen molar-refractivity contribution >= 4 is 122 Å². The fraction of sp³-hybridized carbons (Fsp3) is 0.307. The summed E-state index contributed by atoms with van der Waals surface area (Å²) in [5.74, 6) is -4.02. The summed E-state index contributed by atoms with van der Waals surface area (Å²) >= 11 is 3.92. The molecule has 3 aliphatic carbocycles. The van der Waals surface area contributed by atoms with Gasteiger partial charge in [0.15, 0.2) is 13.4 Å². The van der Waals surface area contributed by atoms with Gasteiger partial charge in [0.05, 0.1) is 33.5 Å². The number of aliphatic hydroxyl groups excluding tert-OH is 1. The van der Waals surface area contributed by atoms with E-state index in [-0.39, 0.29) is 129 Å². The van der Waals surface area contributed by atoms with Crippen LogP contribution in [0.4, 0.5) is 36.6 Å². The van der Waals surface area contributed by atoms with Crippen LogP contribution in [0.3, 0.4) is 0 Å². The van der Waals surface area contributed by atoms with E-state index in [4.69, 9.17) is 15.3 Å². The molecule has 4 heterocycles. The molecule has 12 rings (SSSR count). The number of hydrogen-bond donors (Lipinski definition) is 5. The Bertz CT molecular complexity index is 5420. The quantitative estimate of drug-likeness (QED) is 0.0142. The largest absolute Gasteiger partial charge is 0.507 e. The molecule has 104 heavy (non-hydrogen) atoms. The van der Waals surface area contributed by atoms with Crippen molar-refractivity contribution in [2.75, 3.05) is 19.0 Å². The van der Waals surface area contributed by atoms with Gasteiger partial charge in [-0.15, -0.1) is 0 Å². The van der Waals surface area contributed by atoms with Gasteiger partial charge in [-0.3, -0.25) is 57.0 Å². The first kappa shape index (κ1) is 79.2. The number of carbonyl (C=O) groups is 3. The number of aromatic nitrogens is 6. The Morgan fingerprint density at radius 2 is 1.23 bits per heavy atom. The number of rotatable bonds is 17. The molecule has 3 radical (unpaired) electrons. The number of carbonyl (C=O) groups excluding carboxylic acids is 3. The SMILES string of the molecule is C=C(C)C1CCC(C)=CC1c1c(O)cc(CCCCC)cc1OC(=O)N(c1ccc(I)cc1F)c1c2c(=O)n(C3CC3)c(=O)n(-c3cccc(C(=O)NC)c3)c2c(C)c(=O)n1C.CNC(=O)c1cccc(-n2c(=O)n(C3CC3)c(=O)c3c([N-]c4ccc(I)cc4F)n(C)c(=O)c(C)c32)c1.[B]C(=N)O.[Y]. The number of aliphatic hydroxyl groups is 1. The van der Waals surface area contributed by atoms with Crippen LogP contribution < -0.4 is 53.9 Å². The van der Waals surface area contributed by atoms with Gasteiger partial charge in [-0.2, -0.15) is 0 Å². The molecule has 0 saturated heterocycles. The van der Waals surface area contributed by atoms with Gasteiger partial charge in [-0.25, -0.2) is 28.1 Å². The second-order valence-electron chi connectivity index (χ2n) is 25.8. The number of aromatic hydroxyl groups is 1. The Kier molecular flexibility index (Phi) is 25.2. The van der Waals surface area contributed by atoms with Crippen LogP contribution in [0.5, 0.6) is 11.5 Å². The van der Waals surface area contributed by atoms with E-state index in [9.17, 15) is 47.9 Å². The minimum Gasteiger partial charge on any atom is -0.507 e. The van der Waals surface area contributed by atoms with E-state index in [1.165, 1.54) is 96.7 Å². The molecule has 9 aromatic rings. The maximum absolute atomic E-state index is 16.6. The summed E-state index contributed by atoms with van der Waals surface area (Å²) in [5, 5.41) is 34.4. The number of fused-ring (bicyclic) bond motifs is 2. The summed E-state index contributed by atoms with van der Waals surface area (Å²) in [6.07, 6.45) is 8.13. The predicted molar refractivity (Wildman–Crippen MR) is 411 cm³/mol. The predicted octanol–water partition coefficient (Wildman–Crippen LogP) is 13.0. The van der Waals surface area contributed by atoms with Crippen LogP contribution in [0.2, 0.25) is 0 Å². The molecule has 3 aliphatic rings. The number of aryl methyl sites for hydroxylation is 3. The molecular formula is C75H75BF2I2N11O12Y-. The topological polar surface area (TPSA) is 298 Å². The average Bonchev–Trinajstić information content (AvgIpc) is 1.25. The van der Waals surface area contributed by atoms with Gasteiger partial charge < -0.3 is 35.5 Å². The molecule has 2 fully saturated rings. The van der Waals surface area contributed by atoms with Crippen molar-refractivity contribution in [3.63, 3.8) is 0 Å². The smallest absolute Gasteiger partial charge is 0.425 e. The van der Waals surface area contributed by atoms with E-state index < -0.39 is 75.0 Å². The van der Waals surface area contributed by atoms with Crippen LogP contribution >= 0.6 is 45.2 Å². The molecule has 0 bridgehead atoms. The molecule has 23 nitrogen and oxygen atoms in total. The second-order valence-corrected chi connectivity index (χ2v) is 28.3. The Hall–Kier alpha value is -8.87. The van der Waals surface area contributed by atoms with E-state index >= 15 is 9.18 Å². The molecule has 0 aliphatic heterocycles. The zero-order chi connectivity index (χ0) is 74.9. The van der Waals surface area contributed by atoms with Crippen molar-refractivity contribution in [3.8, 4) is 22.9 Å². The van der Waals surface area contributed by atoms with Gasteiger partial charge >= 0.3 is 17.5 Å². The van der Waals surface area contributed by atoms with Crippen LogP contribution in [0, 0.1) is 43.9 Å². The van der Waals surface area contributed by atoms with Gasteiger partial charge in [0.2, 0.25) is 0 Å². The number of phenols is 1. The summed E-state index contributed by atoms with van der Waals surface area (Å²) < 4.78 is 45.9. The number of benzene rings is 5. The van der Waals surface area contributed by atoms with E-state index in [0.29, 0.717) is 56.1 Å². The van der Waals surface area contributed by atoms with E-state index in [1.807, 2.05) is 59.0 Å². The van der Waals surface area contributed by atoms with Crippen molar-refractivity contribution in [1.29, 1.82) is 5.41 Å². The van der Waals surface area contributed by atoms with Crippen LogP contribution in [-0.4, -0.2) is 83.3 Å². The first-order valence-electron chi connectivity index (χ1n) is 33.3. The molecular weight excluding hydrogens is 1640 g/mol. The number of nitrogens with one attached hydrogen (secondary N) is 3.